The minimum atomic E-state index is -3.64. The molecule has 0 unspecified atom stereocenters. The molecule has 0 atom stereocenters. The fourth-order valence-corrected chi connectivity index (χ4v) is 4.89. The highest BCUT2D eigenvalue weighted by Gasteiger charge is 2.21. The Labute approximate surface area is 194 Å². The van der Waals surface area contributed by atoms with Crippen LogP contribution in [0.4, 0.5) is 5.69 Å². The van der Waals surface area contributed by atoms with Crippen LogP contribution in [0, 0.1) is 0 Å². The van der Waals surface area contributed by atoms with Gasteiger partial charge in [0.2, 0.25) is 15.9 Å². The van der Waals surface area contributed by atoms with Crippen LogP contribution < -0.4 is 10.1 Å². The van der Waals surface area contributed by atoms with E-state index in [1.165, 1.54) is 16.4 Å². The lowest BCUT2D eigenvalue weighted by Crippen LogP contribution is -2.34. The van der Waals surface area contributed by atoms with E-state index in [-0.39, 0.29) is 23.9 Å². The Kier molecular flexibility index (Phi) is 7.08. The maximum Gasteiger partial charge on any atom is 0.243 e. The second-order valence-corrected chi connectivity index (χ2v) is 10.0. The molecule has 0 saturated carbocycles. The Morgan fingerprint density at radius 3 is 2.45 bits per heavy atom. The molecule has 1 N–H and O–H groups in total. The molecule has 0 spiro atoms. The molecule has 0 saturated heterocycles. The smallest absolute Gasteiger partial charge is 0.243 e. The third kappa shape index (κ3) is 5.78. The van der Waals surface area contributed by atoms with Crippen molar-refractivity contribution in [3.63, 3.8) is 0 Å². The minimum absolute atomic E-state index is 0.161. The predicted octanol–water partition coefficient (Wildman–Crippen LogP) is 3.34. The highest BCUT2D eigenvalue weighted by Crippen LogP contribution is 2.23. The van der Waals surface area contributed by atoms with Gasteiger partial charge in [-0.2, -0.15) is 4.31 Å². The third-order valence-electron chi connectivity index (χ3n) is 5.49. The first kappa shape index (κ1) is 23.0. The number of rotatable bonds is 7. The second-order valence-electron chi connectivity index (χ2n) is 7.99. The van der Waals surface area contributed by atoms with Gasteiger partial charge in [-0.1, -0.05) is 48.5 Å². The van der Waals surface area contributed by atoms with Gasteiger partial charge in [0.25, 0.3) is 0 Å². The average molecular weight is 466 g/mol. The molecule has 0 aliphatic carbocycles. The first-order valence-electron chi connectivity index (χ1n) is 10.7. The fraction of sp³-hybridized carbons (Fsp3) is 0.240. The van der Waals surface area contributed by atoms with Crippen LogP contribution in [0.15, 0.2) is 83.8 Å². The summed E-state index contributed by atoms with van der Waals surface area (Å²) in [6.07, 6.45) is 0. The molecule has 1 heterocycles. The van der Waals surface area contributed by atoms with Gasteiger partial charge in [0.1, 0.15) is 12.4 Å². The molecule has 7 nitrogen and oxygen atoms in total. The molecule has 0 aromatic heterocycles. The SMILES string of the molecule is CN(Cc1ccccc1)S(=O)(=O)c1ccc(NC(=O)CN2CCOc3ccccc3C2)cc1. The van der Waals surface area contributed by atoms with Gasteiger partial charge >= 0.3 is 0 Å². The van der Waals surface area contributed by atoms with Crippen molar-refractivity contribution in [1.82, 2.24) is 9.21 Å². The number of benzene rings is 3. The summed E-state index contributed by atoms with van der Waals surface area (Å²) in [7, 11) is -2.08. The number of hydrogen-bond donors (Lipinski definition) is 1. The number of nitrogens with one attached hydrogen (secondary N) is 1. The number of carbonyl (C=O) groups is 1. The normalized spacial score (nSPS) is 14.2. The van der Waals surface area contributed by atoms with Gasteiger partial charge < -0.3 is 10.1 Å². The van der Waals surface area contributed by atoms with Gasteiger partial charge in [0.05, 0.1) is 11.4 Å². The Morgan fingerprint density at radius 1 is 1.00 bits per heavy atom. The van der Waals surface area contributed by atoms with Crippen LogP contribution in [-0.2, 0) is 27.9 Å². The lowest BCUT2D eigenvalue weighted by Gasteiger charge is -2.19. The summed E-state index contributed by atoms with van der Waals surface area (Å²) in [4.78, 5) is 14.8. The quantitative estimate of drug-likeness (QED) is 0.579. The number of nitrogens with zero attached hydrogens (tertiary/aromatic N) is 2. The van der Waals surface area contributed by atoms with Crippen LogP contribution in [0.25, 0.3) is 0 Å². The Morgan fingerprint density at radius 2 is 1.70 bits per heavy atom. The summed E-state index contributed by atoms with van der Waals surface area (Å²) in [5.74, 6) is 0.695. The van der Waals surface area contributed by atoms with Crippen molar-refractivity contribution in [2.24, 2.45) is 0 Å². The fourth-order valence-electron chi connectivity index (χ4n) is 3.73. The molecular weight excluding hydrogens is 438 g/mol. The minimum Gasteiger partial charge on any atom is -0.492 e. The maximum absolute atomic E-state index is 12.9. The van der Waals surface area contributed by atoms with Crippen LogP contribution in [0.2, 0.25) is 0 Å². The Balaban J connectivity index is 1.35. The molecule has 33 heavy (non-hydrogen) atoms. The molecule has 3 aromatic rings. The number of carbonyl (C=O) groups excluding carboxylic acids is 1. The molecule has 3 aromatic carbocycles. The maximum atomic E-state index is 12.9. The Hall–Kier alpha value is -3.20. The number of hydrogen-bond acceptors (Lipinski definition) is 5. The van der Waals surface area contributed by atoms with Crippen LogP contribution in [0.3, 0.4) is 0 Å². The monoisotopic (exact) mass is 465 g/mol. The zero-order valence-corrected chi connectivity index (χ0v) is 19.3. The van der Waals surface area contributed by atoms with E-state index < -0.39 is 10.0 Å². The molecule has 0 fully saturated rings. The molecule has 0 radical (unpaired) electrons. The number of amides is 1. The predicted molar refractivity (Wildman–Crippen MR) is 127 cm³/mol. The van der Waals surface area contributed by atoms with E-state index in [2.05, 4.69) is 5.32 Å². The summed E-state index contributed by atoms with van der Waals surface area (Å²) < 4.78 is 32.8. The van der Waals surface area contributed by atoms with E-state index in [0.717, 1.165) is 16.9 Å². The summed E-state index contributed by atoms with van der Waals surface area (Å²) in [6, 6.07) is 23.5. The molecular formula is C25H27N3O4S. The number of para-hydroxylation sites is 1. The Bertz CT molecular complexity index is 1200. The van der Waals surface area contributed by atoms with E-state index in [1.807, 2.05) is 59.5 Å². The van der Waals surface area contributed by atoms with Gasteiger partial charge in [0.15, 0.2) is 0 Å². The number of anilines is 1. The first-order valence-corrected chi connectivity index (χ1v) is 12.2. The van der Waals surface area contributed by atoms with Crippen molar-refractivity contribution in [3.8, 4) is 5.75 Å². The van der Waals surface area contributed by atoms with Crippen molar-refractivity contribution < 1.29 is 17.9 Å². The van der Waals surface area contributed by atoms with Gasteiger partial charge in [0, 0.05) is 37.9 Å². The zero-order valence-electron chi connectivity index (χ0n) is 18.5. The summed E-state index contributed by atoms with van der Waals surface area (Å²) in [5, 5.41) is 2.85. The zero-order chi connectivity index (χ0) is 23.3. The van der Waals surface area contributed by atoms with E-state index in [9.17, 15) is 13.2 Å². The van der Waals surface area contributed by atoms with E-state index >= 15 is 0 Å². The summed E-state index contributed by atoms with van der Waals surface area (Å²) in [6.45, 7) is 2.30. The van der Waals surface area contributed by atoms with Crippen LogP contribution in [0.5, 0.6) is 5.75 Å². The van der Waals surface area contributed by atoms with E-state index in [0.29, 0.717) is 25.4 Å². The van der Waals surface area contributed by atoms with Crippen molar-refractivity contribution in [3.05, 3.63) is 90.0 Å². The van der Waals surface area contributed by atoms with Crippen molar-refractivity contribution in [2.45, 2.75) is 18.0 Å². The third-order valence-corrected chi connectivity index (χ3v) is 7.31. The van der Waals surface area contributed by atoms with Crippen LogP contribution in [0.1, 0.15) is 11.1 Å². The molecule has 8 heteroatoms. The van der Waals surface area contributed by atoms with Gasteiger partial charge in [-0.25, -0.2) is 8.42 Å². The summed E-state index contributed by atoms with van der Waals surface area (Å²) in [5.41, 5.74) is 2.52. The van der Waals surface area contributed by atoms with Gasteiger partial charge in [-0.05, 0) is 35.9 Å². The standard InChI is InChI=1S/C25H27N3O4S/c1-27(17-20-7-3-2-4-8-20)33(30,31)23-13-11-22(12-14-23)26-25(29)19-28-15-16-32-24-10-6-5-9-21(24)18-28/h2-14H,15-19H2,1H3,(H,26,29). The second kappa shape index (κ2) is 10.2. The van der Waals surface area contributed by atoms with Crippen LogP contribution in [-0.4, -0.2) is 50.3 Å². The topological polar surface area (TPSA) is 79.0 Å². The van der Waals surface area contributed by atoms with Gasteiger partial charge in [-0.3, -0.25) is 9.69 Å². The van der Waals surface area contributed by atoms with E-state index in [1.54, 1.807) is 19.2 Å². The van der Waals surface area contributed by atoms with Gasteiger partial charge in [-0.15, -0.1) is 0 Å². The summed E-state index contributed by atoms with van der Waals surface area (Å²) >= 11 is 0. The lowest BCUT2D eigenvalue weighted by molar-refractivity contribution is -0.117. The van der Waals surface area contributed by atoms with Crippen molar-refractivity contribution >= 4 is 21.6 Å². The first-order chi connectivity index (χ1) is 15.9. The average Bonchev–Trinajstić information content (AvgIpc) is 3.01. The molecule has 1 aliphatic rings. The largest absolute Gasteiger partial charge is 0.492 e. The van der Waals surface area contributed by atoms with Crippen LogP contribution >= 0.6 is 0 Å². The highest BCUT2D eigenvalue weighted by molar-refractivity contribution is 7.89. The number of ether oxygens (including phenoxy) is 1. The molecule has 1 aliphatic heterocycles. The molecule has 1 amide bonds. The molecule has 4 rings (SSSR count). The number of sulfonamides is 1. The van der Waals surface area contributed by atoms with Crippen molar-refractivity contribution in [1.29, 1.82) is 0 Å². The molecule has 172 valence electrons. The highest BCUT2D eigenvalue weighted by atomic mass is 32.2. The van der Waals surface area contributed by atoms with Crippen molar-refractivity contribution in [2.75, 3.05) is 32.1 Å². The van der Waals surface area contributed by atoms with E-state index in [4.69, 9.17) is 4.74 Å². The molecule has 0 bridgehead atoms. The number of fused-ring (bicyclic) bond motifs is 1. The lowest BCUT2D eigenvalue weighted by atomic mass is 10.2.